The zero-order valence-corrected chi connectivity index (χ0v) is 15.9. The van der Waals surface area contributed by atoms with Crippen LogP contribution in [0.1, 0.15) is 43.9 Å². The van der Waals surface area contributed by atoms with E-state index < -0.39 is 11.7 Å². The molecule has 1 amide bonds. The molecule has 7 heteroatoms. The average Bonchev–Trinajstić information content (AvgIpc) is 2.91. The monoisotopic (exact) mass is 356 g/mol. The van der Waals surface area contributed by atoms with Gasteiger partial charge in [-0.3, -0.25) is 4.79 Å². The van der Waals surface area contributed by atoms with Crippen LogP contribution in [-0.4, -0.2) is 37.4 Å². The third-order valence-electron chi connectivity index (χ3n) is 3.17. The van der Waals surface area contributed by atoms with Gasteiger partial charge < -0.3 is 20.1 Å². The van der Waals surface area contributed by atoms with Crippen LogP contribution in [-0.2, 0) is 27.2 Å². The molecule has 1 atom stereocenters. The maximum Gasteiger partial charge on any atom is 0.407 e. The van der Waals surface area contributed by atoms with Crippen LogP contribution in [0.15, 0.2) is 12.1 Å². The van der Waals surface area contributed by atoms with E-state index in [0.29, 0.717) is 19.5 Å². The molecule has 1 unspecified atom stereocenters. The number of thiophene rings is 1. The van der Waals surface area contributed by atoms with E-state index in [2.05, 4.69) is 15.4 Å². The summed E-state index contributed by atoms with van der Waals surface area (Å²) in [4.78, 5) is 25.2. The maximum atomic E-state index is 11.8. The molecular weight excluding hydrogens is 328 g/mol. The molecule has 136 valence electrons. The Morgan fingerprint density at radius 3 is 2.50 bits per heavy atom. The molecule has 0 aliphatic carbocycles. The van der Waals surface area contributed by atoms with Gasteiger partial charge in [0, 0.05) is 28.9 Å². The second kappa shape index (κ2) is 9.64. The van der Waals surface area contributed by atoms with Crippen molar-refractivity contribution in [1.29, 1.82) is 0 Å². The summed E-state index contributed by atoms with van der Waals surface area (Å²) < 4.78 is 9.93. The van der Waals surface area contributed by atoms with Crippen molar-refractivity contribution in [2.45, 2.75) is 58.7 Å². The van der Waals surface area contributed by atoms with Crippen molar-refractivity contribution in [2.75, 3.05) is 13.7 Å². The molecule has 2 N–H and O–H groups in total. The van der Waals surface area contributed by atoms with Crippen LogP contribution in [0.25, 0.3) is 0 Å². The lowest BCUT2D eigenvalue weighted by Crippen LogP contribution is -2.43. The van der Waals surface area contributed by atoms with Crippen molar-refractivity contribution in [3.05, 3.63) is 21.9 Å². The lowest BCUT2D eigenvalue weighted by molar-refractivity contribution is -0.139. The highest BCUT2D eigenvalue weighted by atomic mass is 32.1. The Bertz CT molecular complexity index is 537. The second-order valence-electron chi connectivity index (χ2n) is 6.50. The predicted molar refractivity (Wildman–Crippen MR) is 95.2 cm³/mol. The third kappa shape index (κ3) is 8.31. The molecule has 0 fully saturated rings. The fraction of sp³-hybridized carbons (Fsp3) is 0.647. The molecule has 0 bridgehead atoms. The molecule has 0 aliphatic heterocycles. The van der Waals surface area contributed by atoms with Gasteiger partial charge in [0.1, 0.15) is 5.60 Å². The molecule has 0 spiro atoms. The Kier molecular flexibility index (Phi) is 8.21. The number of esters is 1. The Morgan fingerprint density at radius 1 is 1.25 bits per heavy atom. The van der Waals surface area contributed by atoms with Crippen LogP contribution in [0.4, 0.5) is 4.79 Å². The van der Waals surface area contributed by atoms with Crippen LogP contribution in [0.5, 0.6) is 0 Å². The van der Waals surface area contributed by atoms with Crippen molar-refractivity contribution in [3.63, 3.8) is 0 Å². The van der Waals surface area contributed by atoms with Crippen molar-refractivity contribution in [2.24, 2.45) is 0 Å². The summed E-state index contributed by atoms with van der Waals surface area (Å²) in [7, 11) is 1.39. The normalized spacial score (nSPS) is 12.5. The highest BCUT2D eigenvalue weighted by Crippen LogP contribution is 2.17. The molecule has 24 heavy (non-hydrogen) atoms. The maximum absolute atomic E-state index is 11.8. The van der Waals surface area contributed by atoms with E-state index in [9.17, 15) is 9.59 Å². The minimum Gasteiger partial charge on any atom is -0.469 e. The SMILES string of the molecule is CCC(CNCc1ccc(CC(=O)OC)s1)NC(=O)OC(C)(C)C. The molecular formula is C17H28N2O4S. The molecule has 0 radical (unpaired) electrons. The summed E-state index contributed by atoms with van der Waals surface area (Å²) in [5.41, 5.74) is -0.497. The number of ether oxygens (including phenoxy) is 2. The van der Waals surface area contributed by atoms with Gasteiger partial charge in [0.2, 0.25) is 0 Å². The lowest BCUT2D eigenvalue weighted by atomic mass is 10.2. The standard InChI is InChI=1S/C17H28N2O4S/c1-6-12(19-16(21)23-17(2,3)4)10-18-11-14-8-7-13(24-14)9-15(20)22-5/h7-8,12,18H,6,9-11H2,1-5H3,(H,19,21). The number of carbonyl (C=O) groups is 2. The van der Waals surface area contributed by atoms with Crippen molar-refractivity contribution in [1.82, 2.24) is 10.6 Å². The summed E-state index contributed by atoms with van der Waals surface area (Å²) in [6, 6.07) is 3.95. The van der Waals surface area contributed by atoms with Gasteiger partial charge in [0.05, 0.1) is 13.5 Å². The second-order valence-corrected chi connectivity index (χ2v) is 7.76. The van der Waals surface area contributed by atoms with Crippen LogP contribution >= 0.6 is 11.3 Å². The van der Waals surface area contributed by atoms with Gasteiger partial charge in [-0.15, -0.1) is 11.3 Å². The largest absolute Gasteiger partial charge is 0.469 e. The number of carbonyl (C=O) groups excluding carboxylic acids is 2. The molecule has 1 rings (SSSR count). The zero-order valence-electron chi connectivity index (χ0n) is 15.1. The number of methoxy groups -OCH3 is 1. The van der Waals surface area contributed by atoms with E-state index in [1.165, 1.54) is 7.11 Å². The van der Waals surface area contributed by atoms with E-state index >= 15 is 0 Å². The highest BCUT2D eigenvalue weighted by molar-refractivity contribution is 7.12. The fourth-order valence-electron chi connectivity index (χ4n) is 1.97. The molecule has 1 aromatic rings. The summed E-state index contributed by atoms with van der Waals surface area (Å²) in [6.45, 7) is 8.89. The minimum atomic E-state index is -0.497. The van der Waals surface area contributed by atoms with Crippen LogP contribution in [0, 0.1) is 0 Å². The van der Waals surface area contributed by atoms with Crippen molar-refractivity contribution in [3.8, 4) is 0 Å². The summed E-state index contributed by atoms with van der Waals surface area (Å²) >= 11 is 1.58. The highest BCUT2D eigenvalue weighted by Gasteiger charge is 2.18. The quantitative estimate of drug-likeness (QED) is 0.701. The summed E-state index contributed by atoms with van der Waals surface area (Å²) in [5, 5.41) is 6.19. The van der Waals surface area contributed by atoms with Gasteiger partial charge >= 0.3 is 12.1 Å². The Balaban J connectivity index is 2.36. The van der Waals surface area contributed by atoms with Crippen LogP contribution in [0.2, 0.25) is 0 Å². The van der Waals surface area contributed by atoms with Gasteiger partial charge in [0.15, 0.2) is 0 Å². The van der Waals surface area contributed by atoms with Gasteiger partial charge in [-0.25, -0.2) is 4.79 Å². The number of hydrogen-bond donors (Lipinski definition) is 2. The van der Waals surface area contributed by atoms with Gasteiger partial charge in [-0.1, -0.05) is 6.92 Å². The van der Waals surface area contributed by atoms with E-state index in [-0.39, 0.29) is 12.0 Å². The number of amides is 1. The molecule has 0 aromatic carbocycles. The zero-order chi connectivity index (χ0) is 18.2. The number of hydrogen-bond acceptors (Lipinski definition) is 6. The van der Waals surface area contributed by atoms with Gasteiger partial charge in [-0.05, 0) is 39.3 Å². The summed E-state index contributed by atoms with van der Waals surface area (Å²) in [5.74, 6) is -0.232. The Morgan fingerprint density at radius 2 is 1.92 bits per heavy atom. The Hall–Kier alpha value is -1.60. The van der Waals surface area contributed by atoms with Crippen molar-refractivity contribution >= 4 is 23.4 Å². The molecule has 1 aromatic heterocycles. The number of rotatable bonds is 8. The Labute approximate surface area is 147 Å². The predicted octanol–water partition coefficient (Wildman–Crippen LogP) is 2.86. The number of alkyl carbamates (subject to hydrolysis) is 1. The van der Waals surface area contributed by atoms with E-state index in [1.54, 1.807) is 11.3 Å². The average molecular weight is 356 g/mol. The molecule has 6 nitrogen and oxygen atoms in total. The first-order valence-electron chi connectivity index (χ1n) is 8.08. The van der Waals surface area contributed by atoms with E-state index in [1.807, 2.05) is 39.8 Å². The first-order chi connectivity index (χ1) is 11.2. The summed E-state index contributed by atoms with van der Waals surface area (Å²) in [6.07, 6.45) is 0.719. The van der Waals surface area contributed by atoms with E-state index in [4.69, 9.17) is 4.74 Å². The van der Waals surface area contributed by atoms with Crippen LogP contribution in [0.3, 0.4) is 0 Å². The smallest absolute Gasteiger partial charge is 0.407 e. The third-order valence-corrected chi connectivity index (χ3v) is 4.25. The molecule has 0 aliphatic rings. The first-order valence-corrected chi connectivity index (χ1v) is 8.89. The van der Waals surface area contributed by atoms with Crippen molar-refractivity contribution < 1.29 is 19.1 Å². The van der Waals surface area contributed by atoms with Gasteiger partial charge in [0.25, 0.3) is 0 Å². The lowest BCUT2D eigenvalue weighted by Gasteiger charge is -2.23. The van der Waals surface area contributed by atoms with Gasteiger partial charge in [-0.2, -0.15) is 0 Å². The topological polar surface area (TPSA) is 76.7 Å². The van der Waals surface area contributed by atoms with E-state index in [0.717, 1.165) is 16.2 Å². The minimum absolute atomic E-state index is 0.00866. The molecule has 0 saturated carbocycles. The number of nitrogens with one attached hydrogen (secondary N) is 2. The van der Waals surface area contributed by atoms with Crippen LogP contribution < -0.4 is 10.6 Å². The molecule has 1 heterocycles. The fourth-order valence-corrected chi connectivity index (χ4v) is 2.94. The molecule has 0 saturated heterocycles. The first kappa shape index (κ1) is 20.4.